The summed E-state index contributed by atoms with van der Waals surface area (Å²) < 4.78 is 0. The Bertz CT molecular complexity index is 1070. The van der Waals surface area contributed by atoms with Gasteiger partial charge in [0.2, 0.25) is 0 Å². The molecule has 0 saturated heterocycles. The van der Waals surface area contributed by atoms with Gasteiger partial charge in [0.05, 0.1) is 0 Å². The molecule has 0 aliphatic heterocycles. The van der Waals surface area contributed by atoms with Crippen LogP contribution in [0.15, 0.2) is 84.9 Å². The fraction of sp³-hybridized carbons (Fsp3) is 0.0741. The SMILES string of the molecule is CC(C)=O.O=C(/C=C/c1cccc(O)c1)/C=C/c1cccc(O)c1.O=Cc1cccc(O)c1. The Morgan fingerprint density at radius 3 is 1.27 bits per heavy atom. The number of carbonyl (C=O) groups excluding carboxylic acids is 3. The zero-order valence-electron chi connectivity index (χ0n) is 18.4. The van der Waals surface area contributed by atoms with Crippen LogP contribution >= 0.6 is 0 Å². The molecule has 0 aromatic heterocycles. The minimum absolute atomic E-state index is 0.125. The zero-order valence-corrected chi connectivity index (χ0v) is 18.4. The van der Waals surface area contributed by atoms with Crippen LogP contribution in [0.5, 0.6) is 17.2 Å². The minimum Gasteiger partial charge on any atom is -0.508 e. The fourth-order valence-electron chi connectivity index (χ4n) is 2.27. The van der Waals surface area contributed by atoms with Crippen LogP contribution in [0.4, 0.5) is 0 Å². The molecule has 0 aliphatic carbocycles. The van der Waals surface area contributed by atoms with Gasteiger partial charge in [-0.25, -0.2) is 0 Å². The summed E-state index contributed by atoms with van der Waals surface area (Å²) in [5, 5.41) is 27.4. The molecule has 6 heteroatoms. The van der Waals surface area contributed by atoms with Gasteiger partial charge in [0.15, 0.2) is 5.78 Å². The highest BCUT2D eigenvalue weighted by atomic mass is 16.3. The number of hydrogen-bond acceptors (Lipinski definition) is 6. The lowest BCUT2D eigenvalue weighted by Crippen LogP contribution is -1.84. The van der Waals surface area contributed by atoms with Crippen LogP contribution in [0.1, 0.15) is 35.3 Å². The van der Waals surface area contributed by atoms with Crippen molar-refractivity contribution in [2.45, 2.75) is 13.8 Å². The number of allylic oxidation sites excluding steroid dienone is 2. The lowest BCUT2D eigenvalue weighted by Gasteiger charge is -1.94. The highest BCUT2D eigenvalue weighted by Gasteiger charge is 1.94. The van der Waals surface area contributed by atoms with Crippen LogP contribution in [0.25, 0.3) is 12.2 Å². The van der Waals surface area contributed by atoms with Crippen LogP contribution in [0.2, 0.25) is 0 Å². The number of aldehydes is 1. The quantitative estimate of drug-likeness (QED) is 0.367. The van der Waals surface area contributed by atoms with E-state index in [0.717, 1.165) is 11.1 Å². The molecule has 0 radical (unpaired) electrons. The van der Waals surface area contributed by atoms with Crippen molar-refractivity contribution >= 4 is 30.0 Å². The molecule has 0 aliphatic rings. The largest absolute Gasteiger partial charge is 0.508 e. The average molecular weight is 446 g/mol. The summed E-state index contributed by atoms with van der Waals surface area (Å²) in [4.78, 5) is 31.2. The highest BCUT2D eigenvalue weighted by Crippen LogP contribution is 2.13. The number of benzene rings is 3. The van der Waals surface area contributed by atoms with E-state index in [0.29, 0.717) is 11.8 Å². The summed E-state index contributed by atoms with van der Waals surface area (Å²) in [7, 11) is 0. The molecule has 3 aromatic rings. The zero-order chi connectivity index (χ0) is 24.6. The molecule has 0 amide bonds. The van der Waals surface area contributed by atoms with Crippen molar-refractivity contribution in [1.82, 2.24) is 0 Å². The Hall–Kier alpha value is -4.45. The number of rotatable bonds is 5. The molecule has 0 atom stereocenters. The van der Waals surface area contributed by atoms with Gasteiger partial charge < -0.3 is 20.1 Å². The summed E-state index contributed by atoms with van der Waals surface area (Å²) >= 11 is 0. The molecule has 170 valence electrons. The molecule has 33 heavy (non-hydrogen) atoms. The first kappa shape index (κ1) is 26.6. The molecule has 3 aromatic carbocycles. The van der Waals surface area contributed by atoms with Gasteiger partial charge in [-0.05, 0) is 73.5 Å². The number of phenols is 3. The number of aromatic hydroxyl groups is 3. The van der Waals surface area contributed by atoms with Gasteiger partial charge in [-0.15, -0.1) is 0 Å². The van der Waals surface area contributed by atoms with Crippen molar-refractivity contribution in [1.29, 1.82) is 0 Å². The van der Waals surface area contributed by atoms with E-state index in [1.54, 1.807) is 72.8 Å². The Balaban J connectivity index is 0.000000345. The molecule has 3 N–H and O–H groups in total. The molecule has 0 heterocycles. The van der Waals surface area contributed by atoms with Crippen LogP contribution in [-0.4, -0.2) is 33.2 Å². The maximum absolute atomic E-state index is 11.7. The second-order valence-corrected chi connectivity index (χ2v) is 6.88. The minimum atomic E-state index is -0.170. The summed E-state index contributed by atoms with van der Waals surface area (Å²) in [5.74, 6) is 0.445. The van der Waals surface area contributed by atoms with Gasteiger partial charge >= 0.3 is 0 Å². The van der Waals surface area contributed by atoms with Gasteiger partial charge in [0.1, 0.15) is 29.3 Å². The first-order valence-corrected chi connectivity index (χ1v) is 9.89. The molecular weight excluding hydrogens is 420 g/mol. The van der Waals surface area contributed by atoms with Crippen molar-refractivity contribution in [3.05, 3.63) is 102 Å². The van der Waals surface area contributed by atoms with Gasteiger partial charge in [-0.2, -0.15) is 0 Å². The standard InChI is InChI=1S/C17H14O3.C7H6O2.C3H6O/c18-15(9-7-13-3-1-5-16(19)11-13)10-8-14-4-2-6-17(20)12-14;8-5-6-2-1-3-7(9)4-6;1-3(2)4/h1-12,19-20H;1-5,9H;1-2H3/b9-7+,10-8+;;. The second kappa shape index (κ2) is 14.5. The molecule has 0 bridgehead atoms. The molecule has 6 nitrogen and oxygen atoms in total. The monoisotopic (exact) mass is 446 g/mol. The Labute approximate surface area is 192 Å². The van der Waals surface area contributed by atoms with E-state index >= 15 is 0 Å². The Kier molecular flexibility index (Phi) is 11.7. The number of carbonyl (C=O) groups is 3. The summed E-state index contributed by atoms with van der Waals surface area (Å²) in [6.45, 7) is 3.06. The van der Waals surface area contributed by atoms with Crippen molar-refractivity contribution in [2.75, 3.05) is 0 Å². The molecule has 0 fully saturated rings. The van der Waals surface area contributed by atoms with Gasteiger partial charge in [-0.3, -0.25) is 9.59 Å². The van der Waals surface area contributed by atoms with Crippen molar-refractivity contribution in [3.8, 4) is 17.2 Å². The van der Waals surface area contributed by atoms with Crippen molar-refractivity contribution in [2.24, 2.45) is 0 Å². The maximum atomic E-state index is 11.7. The first-order valence-electron chi connectivity index (χ1n) is 9.89. The van der Waals surface area contributed by atoms with Crippen molar-refractivity contribution in [3.63, 3.8) is 0 Å². The molecule has 0 saturated carbocycles. The first-order chi connectivity index (χ1) is 15.7. The average Bonchev–Trinajstić information content (AvgIpc) is 2.76. The van der Waals surface area contributed by atoms with Crippen LogP contribution < -0.4 is 0 Å². The van der Waals surface area contributed by atoms with Gasteiger partial charge in [-0.1, -0.05) is 48.6 Å². The third-order valence-corrected chi connectivity index (χ3v) is 3.63. The van der Waals surface area contributed by atoms with E-state index in [2.05, 4.69) is 0 Å². The summed E-state index contributed by atoms with van der Waals surface area (Å²) in [5.41, 5.74) is 2.00. The van der Waals surface area contributed by atoms with E-state index in [4.69, 9.17) is 5.11 Å². The topological polar surface area (TPSA) is 112 Å². The Morgan fingerprint density at radius 1 is 0.636 bits per heavy atom. The van der Waals surface area contributed by atoms with E-state index in [-0.39, 0.29) is 28.8 Å². The third-order valence-electron chi connectivity index (χ3n) is 3.63. The normalized spacial score (nSPS) is 10.0. The highest BCUT2D eigenvalue weighted by molar-refractivity contribution is 6.04. The Morgan fingerprint density at radius 2 is 0.970 bits per heavy atom. The maximum Gasteiger partial charge on any atom is 0.178 e. The lowest BCUT2D eigenvalue weighted by atomic mass is 10.1. The van der Waals surface area contributed by atoms with Gasteiger partial charge in [0.25, 0.3) is 0 Å². The predicted molar refractivity (Wildman–Crippen MR) is 129 cm³/mol. The molecule has 0 spiro atoms. The van der Waals surface area contributed by atoms with E-state index in [1.165, 1.54) is 38.1 Å². The number of Topliss-reactive ketones (excluding diaryl/α,β-unsaturated/α-hetero) is 1. The number of phenolic OH excluding ortho intramolecular Hbond substituents is 3. The van der Waals surface area contributed by atoms with Crippen LogP contribution in [0.3, 0.4) is 0 Å². The molecular formula is C27H26O6. The predicted octanol–water partition coefficient (Wildman–Crippen LogP) is 5.19. The smallest absolute Gasteiger partial charge is 0.178 e. The number of hydrogen-bond donors (Lipinski definition) is 3. The lowest BCUT2D eigenvalue weighted by molar-refractivity contribution is -0.115. The molecule has 0 unspecified atom stereocenters. The number of ketones is 2. The van der Waals surface area contributed by atoms with E-state index in [9.17, 15) is 24.6 Å². The summed E-state index contributed by atoms with van der Waals surface area (Å²) in [6.07, 6.45) is 6.81. The second-order valence-electron chi connectivity index (χ2n) is 6.88. The third kappa shape index (κ3) is 12.8. The van der Waals surface area contributed by atoms with E-state index < -0.39 is 0 Å². The van der Waals surface area contributed by atoms with E-state index in [1.807, 2.05) is 0 Å². The van der Waals surface area contributed by atoms with Crippen LogP contribution in [0, 0.1) is 0 Å². The summed E-state index contributed by atoms with van der Waals surface area (Å²) in [6, 6.07) is 19.5. The van der Waals surface area contributed by atoms with Gasteiger partial charge in [0, 0.05) is 5.56 Å². The van der Waals surface area contributed by atoms with Crippen LogP contribution in [-0.2, 0) is 9.59 Å². The molecule has 3 rings (SSSR count). The fourth-order valence-corrected chi connectivity index (χ4v) is 2.27. The van der Waals surface area contributed by atoms with Crippen molar-refractivity contribution < 1.29 is 29.7 Å².